The van der Waals surface area contributed by atoms with Crippen LogP contribution in [0.1, 0.15) is 0 Å². The van der Waals surface area contributed by atoms with E-state index in [2.05, 4.69) is 26.1 Å². The van der Waals surface area contributed by atoms with E-state index in [0.29, 0.717) is 0 Å². The van der Waals surface area contributed by atoms with Gasteiger partial charge in [0.15, 0.2) is 0 Å². The first-order valence-corrected chi connectivity index (χ1v) is 6.41. The Morgan fingerprint density at radius 2 is 1.25 bits per heavy atom. The maximum atomic E-state index is 2.89. The van der Waals surface area contributed by atoms with Crippen molar-refractivity contribution in [2.75, 3.05) is 20.0 Å². The monoisotopic (exact) mass is 363 g/mol. The van der Waals surface area contributed by atoms with Crippen molar-refractivity contribution in [3.8, 4) is 0 Å². The van der Waals surface area contributed by atoms with Crippen LogP contribution in [0.25, 0.3) is 0 Å². The molecule has 1 rings (SSSR count). The van der Waals surface area contributed by atoms with E-state index in [1.54, 1.807) is 0 Å². The first kappa shape index (κ1) is 18.2. The fourth-order valence-electron chi connectivity index (χ4n) is 0.342. The predicted molar refractivity (Wildman–Crippen MR) is 59.2 cm³/mol. The van der Waals surface area contributed by atoms with Gasteiger partial charge < -0.3 is 7.43 Å². The molecule has 0 bridgehead atoms. The number of benzene rings is 1. The number of hydrogen-bond donors (Lipinski definition) is 0. The summed E-state index contributed by atoms with van der Waals surface area (Å²) in [5.41, 5.74) is 0. The third-order valence-corrected chi connectivity index (χ3v) is 0.607. The van der Waals surface area contributed by atoms with Crippen LogP contribution < -0.4 is 0 Å². The predicted octanol–water partition coefficient (Wildman–Crippen LogP) is 2.76. The van der Waals surface area contributed by atoms with Crippen LogP contribution in [-0.2, 0) is 20.1 Å². The van der Waals surface area contributed by atoms with Crippen molar-refractivity contribution in [1.29, 1.82) is 0 Å². The van der Waals surface area contributed by atoms with Gasteiger partial charge in [-0.3, -0.25) is 0 Å². The Kier molecular flexibility index (Phi) is 21.0. The molecular weight excluding hydrogens is 343 g/mol. The molecule has 0 amide bonds. The normalized spacial score (nSPS) is 7.00. The Balaban J connectivity index is -0.000000124. The first-order valence-electron chi connectivity index (χ1n) is 3.41. The Labute approximate surface area is 91.9 Å². The first-order chi connectivity index (χ1) is 4.73. The molecule has 0 heterocycles. The van der Waals surface area contributed by atoms with E-state index in [1.165, 1.54) is 0 Å². The zero-order chi connectivity index (χ0) is 7.82. The smallest absolute Gasteiger partial charge is 0.171 e. The molecule has 2 heteroatoms. The average Bonchev–Trinajstić information content (AvgIpc) is 1.90. The summed E-state index contributed by atoms with van der Waals surface area (Å²) in [4.78, 5) is 0. The average molecular weight is 362 g/mol. The SMILES string of the molecule is C[PH+](C)C.[CH3-].[IrH+2].[c-]1ccccc1. The maximum Gasteiger partial charge on any atom is -0.171 e. The second-order valence-corrected chi connectivity index (χ2v) is 5.58. The zero-order valence-corrected chi connectivity index (χ0v) is 11.8. The number of rotatable bonds is 0. The van der Waals surface area contributed by atoms with Gasteiger partial charge in [0.1, 0.15) is 0 Å². The van der Waals surface area contributed by atoms with E-state index < -0.39 is 0 Å². The van der Waals surface area contributed by atoms with Crippen LogP contribution in [0.4, 0.5) is 0 Å². The largest absolute Gasteiger partial charge is 0.184 e. The van der Waals surface area contributed by atoms with Gasteiger partial charge in [0, 0.05) is 20.0 Å². The summed E-state index contributed by atoms with van der Waals surface area (Å²) in [7, 11) is 0.120. The summed E-state index contributed by atoms with van der Waals surface area (Å²) in [6, 6.07) is 12.5. The third kappa shape index (κ3) is 22.4. The molecule has 0 aliphatic rings. The van der Waals surface area contributed by atoms with E-state index in [9.17, 15) is 0 Å². The molecule has 0 N–H and O–H groups in total. The Morgan fingerprint density at radius 1 is 0.917 bits per heavy atom. The second kappa shape index (κ2) is 13.9. The molecule has 1 aromatic carbocycles. The van der Waals surface area contributed by atoms with Crippen LogP contribution >= 0.6 is 7.92 Å². The van der Waals surface area contributed by atoms with E-state index >= 15 is 0 Å². The Morgan fingerprint density at radius 3 is 1.33 bits per heavy atom. The van der Waals surface area contributed by atoms with E-state index in [1.807, 2.05) is 30.3 Å². The maximum absolute atomic E-state index is 2.89. The van der Waals surface area contributed by atoms with Crippen LogP contribution in [0, 0.1) is 13.5 Å². The summed E-state index contributed by atoms with van der Waals surface area (Å²) in [5.74, 6) is 0. The van der Waals surface area contributed by atoms with Gasteiger partial charge in [-0.05, 0) is 7.92 Å². The molecule has 1 aromatic rings. The van der Waals surface area contributed by atoms with Crippen molar-refractivity contribution in [3.63, 3.8) is 0 Å². The van der Waals surface area contributed by atoms with Gasteiger partial charge >= 0.3 is 20.1 Å². The molecule has 0 aliphatic heterocycles. The molecule has 0 unspecified atom stereocenters. The summed E-state index contributed by atoms with van der Waals surface area (Å²) >= 11 is 0. The molecule has 12 heavy (non-hydrogen) atoms. The molecule has 0 fully saturated rings. The van der Waals surface area contributed by atoms with Crippen LogP contribution in [0.5, 0.6) is 0 Å². The third-order valence-electron chi connectivity index (χ3n) is 0.607. The molecule has 0 saturated carbocycles. The standard InChI is InChI=1S/C6H5.C3H9P.CH3.Ir.H/c1-2-4-6-5-3-1;1-4(2)3;;;/h1-5H;1-3H3;1H3;;/q-1;;-1;+2;/p+1. The fourth-order valence-corrected chi connectivity index (χ4v) is 0.342. The molecule has 0 saturated heterocycles. The van der Waals surface area contributed by atoms with Crippen molar-refractivity contribution in [3.05, 3.63) is 43.8 Å². The molecule has 0 nitrogen and oxygen atoms in total. The van der Waals surface area contributed by atoms with E-state index in [-0.39, 0.29) is 35.5 Å². The van der Waals surface area contributed by atoms with Crippen LogP contribution in [-0.4, -0.2) is 20.0 Å². The van der Waals surface area contributed by atoms with Crippen LogP contribution in [0.3, 0.4) is 0 Å². The quantitative estimate of drug-likeness (QED) is 0.492. The van der Waals surface area contributed by atoms with Gasteiger partial charge in [-0.2, -0.15) is 36.4 Å². The zero-order valence-electron chi connectivity index (χ0n) is 8.24. The fraction of sp³-hybridized carbons (Fsp3) is 0.300. The molecular formula is C10H19IrP+. The van der Waals surface area contributed by atoms with Crippen molar-refractivity contribution >= 4 is 7.92 Å². The van der Waals surface area contributed by atoms with Crippen molar-refractivity contribution in [2.24, 2.45) is 0 Å². The summed E-state index contributed by atoms with van der Waals surface area (Å²) in [5, 5.41) is 0. The molecule has 0 atom stereocenters. The molecule has 0 aliphatic carbocycles. The van der Waals surface area contributed by atoms with Gasteiger partial charge in [-0.15, -0.1) is 0 Å². The van der Waals surface area contributed by atoms with Crippen LogP contribution in [0.15, 0.2) is 30.3 Å². The Bertz CT molecular complexity index is 110. The summed E-state index contributed by atoms with van der Waals surface area (Å²) < 4.78 is 0. The van der Waals surface area contributed by atoms with Crippen molar-refractivity contribution in [1.82, 2.24) is 0 Å². The van der Waals surface area contributed by atoms with Crippen LogP contribution in [0.2, 0.25) is 0 Å². The van der Waals surface area contributed by atoms with Gasteiger partial charge in [-0.25, -0.2) is 0 Å². The van der Waals surface area contributed by atoms with Gasteiger partial charge in [0.05, 0.1) is 0 Å². The molecule has 72 valence electrons. The molecule has 1 radical (unpaired) electrons. The minimum Gasteiger partial charge on any atom is -0.184 e. The number of hydrogen-bond acceptors (Lipinski definition) is 0. The minimum absolute atomic E-state index is 0. The van der Waals surface area contributed by atoms with Gasteiger partial charge in [0.25, 0.3) is 0 Å². The molecule has 0 spiro atoms. The van der Waals surface area contributed by atoms with E-state index in [4.69, 9.17) is 0 Å². The Hall–Kier alpha value is 0.299. The molecule has 0 aromatic heterocycles. The minimum atomic E-state index is 0. The topological polar surface area (TPSA) is 0 Å². The van der Waals surface area contributed by atoms with E-state index in [0.717, 1.165) is 0 Å². The van der Waals surface area contributed by atoms with Gasteiger partial charge in [0.2, 0.25) is 0 Å². The van der Waals surface area contributed by atoms with Gasteiger partial charge in [-0.1, -0.05) is 0 Å². The summed E-state index contributed by atoms with van der Waals surface area (Å²) in [6.07, 6.45) is 0. The van der Waals surface area contributed by atoms with Crippen molar-refractivity contribution < 1.29 is 20.1 Å². The summed E-state index contributed by atoms with van der Waals surface area (Å²) in [6.45, 7) is 6.81. The second-order valence-electron chi connectivity index (χ2n) is 2.58. The van der Waals surface area contributed by atoms with Crippen molar-refractivity contribution in [2.45, 2.75) is 0 Å².